The molecule has 218 valence electrons. The molecule has 0 atom stereocenters. The van der Waals surface area contributed by atoms with Crippen molar-refractivity contribution in [2.75, 3.05) is 6.61 Å². The Hall–Kier alpha value is -3.39. The molecule has 1 aliphatic rings. The molecule has 3 aromatic rings. The topological polar surface area (TPSA) is 79.6 Å². The van der Waals surface area contributed by atoms with Gasteiger partial charge >= 0.3 is 11.9 Å². The number of hydrogen-bond acceptors (Lipinski definition) is 6. The van der Waals surface area contributed by atoms with E-state index in [1.165, 1.54) is 19.3 Å². The van der Waals surface area contributed by atoms with Gasteiger partial charge in [0.15, 0.2) is 0 Å². The first-order valence-electron chi connectivity index (χ1n) is 14.2. The third kappa shape index (κ3) is 8.32. The van der Waals surface area contributed by atoms with Gasteiger partial charge in [-0.25, -0.2) is 9.59 Å². The van der Waals surface area contributed by atoms with E-state index in [0.29, 0.717) is 36.1 Å². The van der Waals surface area contributed by atoms with Crippen LogP contribution in [0.4, 0.5) is 0 Å². The zero-order chi connectivity index (χ0) is 29.6. The molecule has 0 unspecified atom stereocenters. The van der Waals surface area contributed by atoms with E-state index in [2.05, 4.69) is 20.6 Å². The Morgan fingerprint density at radius 2 is 1.76 bits per heavy atom. The van der Waals surface area contributed by atoms with E-state index in [1.807, 2.05) is 57.2 Å². The lowest BCUT2D eigenvalue weighted by Gasteiger charge is -2.24. The Morgan fingerprint density at radius 1 is 1.05 bits per heavy atom. The van der Waals surface area contributed by atoms with Crippen molar-refractivity contribution in [3.8, 4) is 17.0 Å². The highest BCUT2D eigenvalue weighted by Crippen LogP contribution is 2.34. The van der Waals surface area contributed by atoms with Crippen LogP contribution in [0.15, 0.2) is 58.6 Å². The SMILES string of the molecule is CCOC(=O)/C(C)=C/c1cc(-c2ccc(OCc3cc(C(=O)OC(C)(C)C)ccc3Br)cc2)n(C2CCCCC2)n1. The van der Waals surface area contributed by atoms with E-state index in [4.69, 9.17) is 19.3 Å². The van der Waals surface area contributed by atoms with Crippen LogP contribution in [0.5, 0.6) is 5.75 Å². The summed E-state index contributed by atoms with van der Waals surface area (Å²) in [6, 6.07) is 15.7. The average molecular weight is 624 g/mol. The molecule has 1 saturated carbocycles. The van der Waals surface area contributed by atoms with Crippen LogP contribution in [-0.2, 0) is 20.9 Å². The lowest BCUT2D eigenvalue weighted by Crippen LogP contribution is -2.24. The molecule has 7 nitrogen and oxygen atoms in total. The number of hydrogen-bond donors (Lipinski definition) is 0. The number of esters is 2. The van der Waals surface area contributed by atoms with Crippen molar-refractivity contribution in [1.29, 1.82) is 0 Å². The zero-order valence-electron chi connectivity index (χ0n) is 24.5. The molecule has 0 radical (unpaired) electrons. The maximum atomic E-state index is 12.5. The molecule has 4 rings (SSSR count). The molecule has 0 bridgehead atoms. The fraction of sp³-hybridized carbons (Fsp3) is 0.424. The summed E-state index contributed by atoms with van der Waals surface area (Å²) in [6.45, 7) is 9.73. The second-order valence-electron chi connectivity index (χ2n) is 11.4. The van der Waals surface area contributed by atoms with E-state index < -0.39 is 5.60 Å². The van der Waals surface area contributed by atoms with E-state index in [-0.39, 0.29) is 11.9 Å². The van der Waals surface area contributed by atoms with Gasteiger partial charge in [0.2, 0.25) is 0 Å². The van der Waals surface area contributed by atoms with Crippen molar-refractivity contribution >= 4 is 33.9 Å². The first kappa shape index (κ1) is 30.6. The summed E-state index contributed by atoms with van der Waals surface area (Å²) in [5.74, 6) is 0.0215. The summed E-state index contributed by atoms with van der Waals surface area (Å²) in [5, 5.41) is 4.90. The summed E-state index contributed by atoms with van der Waals surface area (Å²) in [7, 11) is 0. The summed E-state index contributed by atoms with van der Waals surface area (Å²) in [5.41, 5.74) is 4.07. The fourth-order valence-corrected chi connectivity index (χ4v) is 5.22. The van der Waals surface area contributed by atoms with Crippen LogP contribution in [-0.4, -0.2) is 33.9 Å². The van der Waals surface area contributed by atoms with E-state index in [9.17, 15) is 9.59 Å². The predicted molar refractivity (Wildman–Crippen MR) is 164 cm³/mol. The second kappa shape index (κ2) is 13.5. The number of carbonyl (C=O) groups is 2. The lowest BCUT2D eigenvalue weighted by atomic mass is 9.95. The van der Waals surface area contributed by atoms with Gasteiger partial charge in [0.25, 0.3) is 0 Å². The molecule has 41 heavy (non-hydrogen) atoms. The van der Waals surface area contributed by atoms with Gasteiger partial charge in [-0.1, -0.05) is 35.2 Å². The first-order chi connectivity index (χ1) is 19.5. The zero-order valence-corrected chi connectivity index (χ0v) is 26.1. The van der Waals surface area contributed by atoms with Gasteiger partial charge in [-0.3, -0.25) is 4.68 Å². The van der Waals surface area contributed by atoms with Crippen molar-refractivity contribution in [2.24, 2.45) is 0 Å². The number of halogens is 1. The molecule has 0 N–H and O–H groups in total. The molecule has 8 heteroatoms. The van der Waals surface area contributed by atoms with Crippen LogP contribution in [0, 0.1) is 0 Å². The van der Waals surface area contributed by atoms with E-state index in [1.54, 1.807) is 32.1 Å². The summed E-state index contributed by atoms with van der Waals surface area (Å²) < 4.78 is 19.7. The molecule has 1 aliphatic carbocycles. The number of nitrogens with zero attached hydrogens (tertiary/aromatic N) is 2. The standard InChI is InChI=1S/C33H39BrN2O5/c1-6-39-31(37)22(2)18-26-20-30(36(35-26)27-10-8-7-9-11-27)23-12-15-28(16-13-23)40-21-25-19-24(14-17-29(25)34)32(38)41-33(3,4)5/h12-20,27H,6-11,21H2,1-5H3/b22-18+. The fourth-order valence-electron chi connectivity index (χ4n) is 4.86. The highest BCUT2D eigenvalue weighted by Gasteiger charge is 2.22. The van der Waals surface area contributed by atoms with Gasteiger partial charge in [0, 0.05) is 21.2 Å². The normalized spacial score (nSPS) is 14.5. The van der Waals surface area contributed by atoms with Gasteiger partial charge in [-0.15, -0.1) is 0 Å². The van der Waals surface area contributed by atoms with Crippen LogP contribution >= 0.6 is 15.9 Å². The Morgan fingerprint density at radius 3 is 2.41 bits per heavy atom. The maximum absolute atomic E-state index is 12.5. The average Bonchev–Trinajstić information content (AvgIpc) is 3.36. The van der Waals surface area contributed by atoms with Crippen LogP contribution in [0.1, 0.15) is 94.4 Å². The highest BCUT2D eigenvalue weighted by atomic mass is 79.9. The third-order valence-corrected chi connectivity index (χ3v) is 7.64. The monoisotopic (exact) mass is 622 g/mol. The van der Waals surface area contributed by atoms with Crippen LogP contribution in [0.2, 0.25) is 0 Å². The Kier molecular flexibility index (Phi) is 10.1. The smallest absolute Gasteiger partial charge is 0.338 e. The van der Waals surface area contributed by atoms with Gasteiger partial charge < -0.3 is 14.2 Å². The van der Waals surface area contributed by atoms with Gasteiger partial charge in [-0.05, 0) is 102 Å². The van der Waals surface area contributed by atoms with Crippen molar-refractivity contribution in [3.63, 3.8) is 0 Å². The number of ether oxygens (including phenoxy) is 3. The molecule has 0 amide bonds. The Labute approximate surface area is 251 Å². The lowest BCUT2D eigenvalue weighted by molar-refractivity contribution is -0.138. The summed E-state index contributed by atoms with van der Waals surface area (Å²) in [4.78, 5) is 24.7. The van der Waals surface area contributed by atoms with Crippen molar-refractivity contribution in [3.05, 3.63) is 75.4 Å². The quantitative estimate of drug-likeness (QED) is 0.176. The number of rotatable bonds is 9. The minimum absolute atomic E-state index is 0.290. The van der Waals surface area contributed by atoms with E-state index >= 15 is 0 Å². The minimum atomic E-state index is -0.564. The Bertz CT molecular complexity index is 1400. The molecular weight excluding hydrogens is 584 g/mol. The van der Waals surface area contributed by atoms with Gasteiger partial charge in [0.05, 0.1) is 29.6 Å². The van der Waals surface area contributed by atoms with Crippen LogP contribution in [0.25, 0.3) is 17.3 Å². The molecular formula is C33H39BrN2O5. The molecule has 1 aromatic heterocycles. The number of carbonyl (C=O) groups excluding carboxylic acids is 2. The third-order valence-electron chi connectivity index (χ3n) is 6.86. The van der Waals surface area contributed by atoms with Crippen molar-refractivity contribution in [1.82, 2.24) is 9.78 Å². The van der Waals surface area contributed by atoms with Crippen molar-refractivity contribution in [2.45, 2.75) is 85.0 Å². The van der Waals surface area contributed by atoms with Crippen molar-refractivity contribution < 1.29 is 23.8 Å². The first-order valence-corrected chi connectivity index (χ1v) is 15.0. The molecule has 0 saturated heterocycles. The van der Waals surface area contributed by atoms with E-state index in [0.717, 1.165) is 39.8 Å². The maximum Gasteiger partial charge on any atom is 0.338 e. The summed E-state index contributed by atoms with van der Waals surface area (Å²) >= 11 is 3.56. The molecule has 0 spiro atoms. The highest BCUT2D eigenvalue weighted by molar-refractivity contribution is 9.10. The van der Waals surface area contributed by atoms with Crippen LogP contribution < -0.4 is 4.74 Å². The summed E-state index contributed by atoms with van der Waals surface area (Å²) in [6.07, 6.45) is 7.61. The molecule has 0 aliphatic heterocycles. The molecule has 1 fully saturated rings. The van der Waals surface area contributed by atoms with Crippen LogP contribution in [0.3, 0.4) is 0 Å². The second-order valence-corrected chi connectivity index (χ2v) is 12.2. The Balaban J connectivity index is 1.53. The number of aromatic nitrogens is 2. The predicted octanol–water partition coefficient (Wildman–Crippen LogP) is 8.32. The molecule has 2 aromatic carbocycles. The largest absolute Gasteiger partial charge is 0.489 e. The minimum Gasteiger partial charge on any atom is -0.489 e. The van der Waals surface area contributed by atoms with Gasteiger partial charge in [0.1, 0.15) is 18.0 Å². The van der Waals surface area contributed by atoms with Gasteiger partial charge in [-0.2, -0.15) is 5.10 Å². The molecule has 1 heterocycles. The number of benzene rings is 2.